The van der Waals surface area contributed by atoms with Gasteiger partial charge in [0.25, 0.3) is 5.56 Å². The number of H-pyrrole nitrogens is 1. The summed E-state index contributed by atoms with van der Waals surface area (Å²) >= 11 is 1.89. The van der Waals surface area contributed by atoms with Crippen LogP contribution in [0.25, 0.3) is 6.08 Å². The minimum absolute atomic E-state index is 0.150. The van der Waals surface area contributed by atoms with E-state index in [1.165, 1.54) is 6.08 Å². The highest BCUT2D eigenvalue weighted by Crippen LogP contribution is 2.30. The van der Waals surface area contributed by atoms with E-state index in [1.54, 1.807) is 4.08 Å². The number of aliphatic hydroxyl groups excluding tert-OH is 2. The number of nitrogens with one attached hydrogen (secondary N) is 1. The Labute approximate surface area is 125 Å². The fourth-order valence-corrected chi connectivity index (χ4v) is 2.34. The van der Waals surface area contributed by atoms with Crippen LogP contribution < -0.4 is 11.2 Å². The van der Waals surface area contributed by atoms with E-state index in [1.807, 2.05) is 27.6 Å². The predicted octanol–water partition coefficient (Wildman–Crippen LogP) is -0.469. The number of rotatable bonds is 3. The molecule has 1 fully saturated rings. The number of halogens is 2. The zero-order chi connectivity index (χ0) is 14.9. The van der Waals surface area contributed by atoms with E-state index in [0.717, 1.165) is 10.8 Å². The third-order valence-corrected chi connectivity index (χ3v) is 3.35. The first kappa shape index (κ1) is 15.4. The molecule has 1 aromatic rings. The maximum absolute atomic E-state index is 13.9. The largest absolute Gasteiger partial charge is 0.394 e. The predicted molar refractivity (Wildman–Crippen MR) is 76.3 cm³/mol. The standard InChI is InChI=1S/C11H12FIN2O5/c12-7-8(17)6(4-16)20-10(7)15-3-5(1-2-13)9(18)14-11(15)19/h1-3,6-8,10,16-17H,4H2,(H,14,18,19)/b2-1+/t6-,7-,8-,10-/m1/s1. The van der Waals surface area contributed by atoms with Crippen LogP contribution in [0.5, 0.6) is 0 Å². The van der Waals surface area contributed by atoms with Crippen LogP contribution in [0.15, 0.2) is 19.9 Å². The van der Waals surface area contributed by atoms with Crippen molar-refractivity contribution in [2.75, 3.05) is 6.61 Å². The molecule has 1 aliphatic rings. The molecule has 0 saturated carbocycles. The molecule has 20 heavy (non-hydrogen) atoms. The number of ether oxygens (including phenoxy) is 1. The topological polar surface area (TPSA) is 105 Å². The Morgan fingerprint density at radius 2 is 2.25 bits per heavy atom. The molecule has 1 aromatic heterocycles. The summed E-state index contributed by atoms with van der Waals surface area (Å²) in [6, 6.07) is 0. The van der Waals surface area contributed by atoms with Crippen molar-refractivity contribution in [2.45, 2.75) is 24.6 Å². The van der Waals surface area contributed by atoms with Crippen molar-refractivity contribution in [2.24, 2.45) is 0 Å². The molecule has 0 spiro atoms. The molecule has 110 valence electrons. The molecule has 2 rings (SSSR count). The van der Waals surface area contributed by atoms with E-state index in [0.29, 0.717) is 0 Å². The highest BCUT2D eigenvalue weighted by atomic mass is 127. The van der Waals surface area contributed by atoms with Crippen LogP contribution in [-0.4, -0.2) is 44.8 Å². The van der Waals surface area contributed by atoms with Gasteiger partial charge in [0.2, 0.25) is 0 Å². The fourth-order valence-electron chi connectivity index (χ4n) is 1.95. The summed E-state index contributed by atoms with van der Waals surface area (Å²) in [7, 11) is 0. The quantitative estimate of drug-likeness (QED) is 0.598. The molecule has 9 heteroatoms. The molecule has 2 heterocycles. The van der Waals surface area contributed by atoms with Gasteiger partial charge in [-0.15, -0.1) is 0 Å². The van der Waals surface area contributed by atoms with Gasteiger partial charge >= 0.3 is 5.69 Å². The summed E-state index contributed by atoms with van der Waals surface area (Å²) in [6.45, 7) is -0.573. The van der Waals surface area contributed by atoms with Gasteiger partial charge in [0.05, 0.1) is 12.2 Å². The van der Waals surface area contributed by atoms with Gasteiger partial charge in [-0.25, -0.2) is 9.18 Å². The molecule has 0 radical (unpaired) electrons. The molecular weight excluding hydrogens is 386 g/mol. The Morgan fingerprint density at radius 1 is 1.55 bits per heavy atom. The third-order valence-electron chi connectivity index (χ3n) is 2.99. The zero-order valence-corrected chi connectivity index (χ0v) is 12.2. The molecule has 7 nitrogen and oxygen atoms in total. The molecule has 1 saturated heterocycles. The lowest BCUT2D eigenvalue weighted by atomic mass is 10.1. The van der Waals surface area contributed by atoms with Crippen molar-refractivity contribution in [1.82, 2.24) is 9.55 Å². The third kappa shape index (κ3) is 2.71. The number of hydrogen-bond acceptors (Lipinski definition) is 5. The fraction of sp³-hybridized carbons (Fsp3) is 0.455. The first-order valence-electron chi connectivity index (χ1n) is 5.70. The SMILES string of the molecule is O=c1[nH]c(=O)n([C@@H]2O[C@H](CO)[C@@H](O)[C@H]2F)cc1/C=C/I. The zero-order valence-electron chi connectivity index (χ0n) is 10.1. The van der Waals surface area contributed by atoms with Crippen LogP contribution in [0.1, 0.15) is 11.8 Å². The lowest BCUT2D eigenvalue weighted by Gasteiger charge is -2.16. The van der Waals surface area contributed by atoms with Gasteiger partial charge in [-0.2, -0.15) is 0 Å². The van der Waals surface area contributed by atoms with E-state index >= 15 is 0 Å². The van der Waals surface area contributed by atoms with E-state index in [-0.39, 0.29) is 5.56 Å². The molecule has 0 amide bonds. The van der Waals surface area contributed by atoms with Crippen LogP contribution in [0.2, 0.25) is 0 Å². The van der Waals surface area contributed by atoms with Gasteiger partial charge in [-0.3, -0.25) is 14.3 Å². The number of aliphatic hydroxyl groups is 2. The molecule has 0 aromatic carbocycles. The van der Waals surface area contributed by atoms with Crippen LogP contribution in [-0.2, 0) is 4.74 Å². The van der Waals surface area contributed by atoms with Crippen molar-refractivity contribution >= 4 is 28.7 Å². The van der Waals surface area contributed by atoms with Crippen molar-refractivity contribution in [3.05, 3.63) is 36.7 Å². The molecule has 1 aliphatic heterocycles. The van der Waals surface area contributed by atoms with Gasteiger partial charge in [0.1, 0.15) is 12.2 Å². The summed E-state index contributed by atoms with van der Waals surface area (Å²) in [5.74, 6) is 0. The second kappa shape index (κ2) is 6.16. The van der Waals surface area contributed by atoms with Gasteiger partial charge in [0.15, 0.2) is 12.4 Å². The van der Waals surface area contributed by atoms with E-state index in [2.05, 4.69) is 0 Å². The van der Waals surface area contributed by atoms with E-state index in [9.17, 15) is 19.1 Å². The van der Waals surface area contributed by atoms with Gasteiger partial charge < -0.3 is 14.9 Å². The molecule has 4 atom stereocenters. The Balaban J connectivity index is 2.46. The summed E-state index contributed by atoms with van der Waals surface area (Å²) in [4.78, 5) is 25.3. The Kier molecular flexibility index (Phi) is 4.73. The molecule has 0 unspecified atom stereocenters. The highest BCUT2D eigenvalue weighted by Gasteiger charge is 2.45. The monoisotopic (exact) mass is 398 g/mol. The smallest absolute Gasteiger partial charge is 0.330 e. The molecule has 0 bridgehead atoms. The van der Waals surface area contributed by atoms with Crippen molar-refractivity contribution in [1.29, 1.82) is 0 Å². The molecule has 3 N–H and O–H groups in total. The molecule has 0 aliphatic carbocycles. The molecular formula is C11H12FIN2O5. The average Bonchev–Trinajstić information content (AvgIpc) is 2.70. The number of aromatic nitrogens is 2. The summed E-state index contributed by atoms with van der Waals surface area (Å²) in [5.41, 5.74) is -1.30. The van der Waals surface area contributed by atoms with Crippen LogP contribution >= 0.6 is 22.6 Å². The lowest BCUT2D eigenvalue weighted by Crippen LogP contribution is -2.36. The first-order valence-corrected chi connectivity index (χ1v) is 6.95. The summed E-state index contributed by atoms with van der Waals surface area (Å²) < 4.78 is 21.5. The van der Waals surface area contributed by atoms with Crippen molar-refractivity contribution < 1.29 is 19.3 Å². The Hall–Kier alpha value is -1.04. The highest BCUT2D eigenvalue weighted by molar-refractivity contribution is 14.1. The van der Waals surface area contributed by atoms with Crippen LogP contribution in [0.3, 0.4) is 0 Å². The number of aromatic amines is 1. The van der Waals surface area contributed by atoms with Crippen molar-refractivity contribution in [3.8, 4) is 0 Å². The van der Waals surface area contributed by atoms with Crippen LogP contribution in [0.4, 0.5) is 4.39 Å². The number of nitrogens with zero attached hydrogens (tertiary/aromatic N) is 1. The number of alkyl halides is 1. The minimum atomic E-state index is -1.88. The lowest BCUT2D eigenvalue weighted by molar-refractivity contribution is -0.0491. The number of hydrogen-bond donors (Lipinski definition) is 3. The van der Waals surface area contributed by atoms with Gasteiger partial charge in [0, 0.05) is 6.20 Å². The van der Waals surface area contributed by atoms with E-state index in [4.69, 9.17) is 9.84 Å². The van der Waals surface area contributed by atoms with Crippen molar-refractivity contribution in [3.63, 3.8) is 0 Å². The normalized spacial score (nSPS) is 30.2. The summed E-state index contributed by atoms with van der Waals surface area (Å²) in [5, 5.41) is 18.5. The maximum atomic E-state index is 13.9. The average molecular weight is 398 g/mol. The van der Waals surface area contributed by atoms with Gasteiger partial charge in [-0.1, -0.05) is 22.6 Å². The second-order valence-corrected chi connectivity index (χ2v) is 4.95. The van der Waals surface area contributed by atoms with Gasteiger partial charge in [-0.05, 0) is 10.2 Å². The Morgan fingerprint density at radius 3 is 2.80 bits per heavy atom. The summed E-state index contributed by atoms with van der Waals surface area (Å²) in [6.07, 6.45) is -3.33. The first-order chi connectivity index (χ1) is 9.49. The maximum Gasteiger partial charge on any atom is 0.330 e. The second-order valence-electron chi connectivity index (χ2n) is 4.23. The van der Waals surface area contributed by atoms with Crippen LogP contribution in [0, 0.1) is 0 Å². The Bertz CT molecular complexity index is 628. The minimum Gasteiger partial charge on any atom is -0.394 e. The van der Waals surface area contributed by atoms with E-state index < -0.39 is 42.5 Å².